The zero-order valence-corrected chi connectivity index (χ0v) is 16.7. The molecule has 0 fully saturated rings. The number of amides is 1. The molecule has 1 aromatic heterocycles. The van der Waals surface area contributed by atoms with E-state index < -0.39 is 0 Å². The van der Waals surface area contributed by atoms with E-state index in [4.69, 9.17) is 21.1 Å². The standard InChI is InChI=1S/C21H22ClN3O3/c1-14(2)28-19-9-4-15(22)12-18(19)21(26)24-16-5-7-17(8-6-16)27-13-20-23-10-11-25(20)3/h4-12,14H,13H2,1-3H3,(H,24,26). The predicted octanol–water partition coefficient (Wildman–Crippen LogP) is 4.69. The number of rotatable bonds is 7. The van der Waals surface area contributed by atoms with Crippen LogP contribution < -0.4 is 14.8 Å². The quantitative estimate of drug-likeness (QED) is 0.625. The third-order valence-corrected chi connectivity index (χ3v) is 4.19. The van der Waals surface area contributed by atoms with Crippen molar-refractivity contribution in [2.75, 3.05) is 5.32 Å². The van der Waals surface area contributed by atoms with Gasteiger partial charge in [-0.1, -0.05) is 11.6 Å². The first kappa shape index (κ1) is 19.8. The van der Waals surface area contributed by atoms with Gasteiger partial charge in [-0.25, -0.2) is 4.98 Å². The van der Waals surface area contributed by atoms with E-state index in [1.165, 1.54) is 0 Å². The molecule has 2 aromatic carbocycles. The number of nitrogens with zero attached hydrogens (tertiary/aromatic N) is 2. The summed E-state index contributed by atoms with van der Waals surface area (Å²) in [4.78, 5) is 16.9. The summed E-state index contributed by atoms with van der Waals surface area (Å²) < 4.78 is 13.3. The van der Waals surface area contributed by atoms with Crippen molar-refractivity contribution in [1.82, 2.24) is 9.55 Å². The van der Waals surface area contributed by atoms with E-state index >= 15 is 0 Å². The third kappa shape index (κ3) is 5.04. The second-order valence-corrected chi connectivity index (χ2v) is 6.97. The zero-order chi connectivity index (χ0) is 20.1. The minimum Gasteiger partial charge on any atom is -0.490 e. The number of anilines is 1. The number of nitrogens with one attached hydrogen (secondary N) is 1. The molecular formula is C21H22ClN3O3. The van der Waals surface area contributed by atoms with Crippen molar-refractivity contribution >= 4 is 23.2 Å². The van der Waals surface area contributed by atoms with Gasteiger partial charge in [0.25, 0.3) is 5.91 Å². The molecule has 1 amide bonds. The average molecular weight is 400 g/mol. The van der Waals surface area contributed by atoms with E-state index in [2.05, 4.69) is 10.3 Å². The molecule has 28 heavy (non-hydrogen) atoms. The molecule has 1 N–H and O–H groups in total. The van der Waals surface area contributed by atoms with Gasteiger partial charge in [0.2, 0.25) is 0 Å². The van der Waals surface area contributed by atoms with Crippen LogP contribution in [0.3, 0.4) is 0 Å². The van der Waals surface area contributed by atoms with Crippen molar-refractivity contribution in [2.24, 2.45) is 7.05 Å². The van der Waals surface area contributed by atoms with Gasteiger partial charge in [0, 0.05) is 30.2 Å². The molecule has 0 radical (unpaired) electrons. The number of imidazole rings is 1. The van der Waals surface area contributed by atoms with Crippen molar-refractivity contribution in [1.29, 1.82) is 0 Å². The van der Waals surface area contributed by atoms with Gasteiger partial charge in [-0.05, 0) is 56.3 Å². The molecule has 0 unspecified atom stereocenters. The lowest BCUT2D eigenvalue weighted by Crippen LogP contribution is -2.15. The Hall–Kier alpha value is -2.99. The maximum atomic E-state index is 12.7. The van der Waals surface area contributed by atoms with Gasteiger partial charge in [0.05, 0.1) is 11.7 Å². The van der Waals surface area contributed by atoms with E-state index in [1.54, 1.807) is 48.7 Å². The Bertz CT molecular complexity index is 952. The maximum absolute atomic E-state index is 12.7. The monoisotopic (exact) mass is 399 g/mol. The smallest absolute Gasteiger partial charge is 0.259 e. The van der Waals surface area contributed by atoms with Crippen LogP contribution in [-0.2, 0) is 13.7 Å². The summed E-state index contributed by atoms with van der Waals surface area (Å²) in [5, 5.41) is 3.33. The Labute approximate surface area is 169 Å². The summed E-state index contributed by atoms with van der Waals surface area (Å²) >= 11 is 6.05. The highest BCUT2D eigenvalue weighted by Gasteiger charge is 2.15. The van der Waals surface area contributed by atoms with Gasteiger partial charge in [-0.2, -0.15) is 0 Å². The van der Waals surface area contributed by atoms with Crippen molar-refractivity contribution in [3.8, 4) is 11.5 Å². The number of hydrogen-bond donors (Lipinski definition) is 1. The Kier molecular flexibility index (Phi) is 6.21. The number of benzene rings is 2. The van der Waals surface area contributed by atoms with Crippen LogP contribution in [0.2, 0.25) is 5.02 Å². The van der Waals surface area contributed by atoms with Gasteiger partial charge < -0.3 is 19.4 Å². The number of halogens is 1. The number of aromatic nitrogens is 2. The summed E-state index contributed by atoms with van der Waals surface area (Å²) in [5.74, 6) is 1.72. The highest BCUT2D eigenvalue weighted by atomic mass is 35.5. The highest BCUT2D eigenvalue weighted by molar-refractivity contribution is 6.31. The SMILES string of the molecule is CC(C)Oc1ccc(Cl)cc1C(=O)Nc1ccc(OCc2nccn2C)cc1. The van der Waals surface area contributed by atoms with Crippen molar-refractivity contribution < 1.29 is 14.3 Å². The fraction of sp³-hybridized carbons (Fsp3) is 0.238. The maximum Gasteiger partial charge on any atom is 0.259 e. The molecule has 0 saturated carbocycles. The van der Waals surface area contributed by atoms with E-state index in [0.29, 0.717) is 34.4 Å². The minimum atomic E-state index is -0.292. The van der Waals surface area contributed by atoms with Crippen LogP contribution in [0, 0.1) is 0 Å². The molecule has 146 valence electrons. The molecule has 3 rings (SSSR count). The van der Waals surface area contributed by atoms with Gasteiger partial charge in [0.15, 0.2) is 0 Å². The third-order valence-electron chi connectivity index (χ3n) is 3.95. The molecule has 0 aliphatic carbocycles. The lowest BCUT2D eigenvalue weighted by atomic mass is 10.1. The van der Waals surface area contributed by atoms with Crippen molar-refractivity contribution in [3.05, 3.63) is 71.3 Å². The van der Waals surface area contributed by atoms with Crippen LogP contribution in [0.25, 0.3) is 0 Å². The first-order valence-electron chi connectivity index (χ1n) is 8.89. The van der Waals surface area contributed by atoms with E-state index in [-0.39, 0.29) is 12.0 Å². The molecule has 0 aliphatic heterocycles. The number of aryl methyl sites for hydroxylation is 1. The van der Waals surface area contributed by atoms with E-state index in [9.17, 15) is 4.79 Å². The predicted molar refractivity (Wildman–Crippen MR) is 109 cm³/mol. The number of carbonyl (C=O) groups is 1. The summed E-state index contributed by atoms with van der Waals surface area (Å²) in [6.45, 7) is 4.17. The van der Waals surface area contributed by atoms with Crippen LogP contribution in [0.15, 0.2) is 54.9 Å². The molecule has 0 atom stereocenters. The molecule has 1 heterocycles. The molecule has 0 spiro atoms. The van der Waals surface area contributed by atoms with Gasteiger partial charge in [-0.15, -0.1) is 0 Å². The van der Waals surface area contributed by atoms with Crippen molar-refractivity contribution in [2.45, 2.75) is 26.6 Å². The fourth-order valence-electron chi connectivity index (χ4n) is 2.55. The molecule has 0 bridgehead atoms. The summed E-state index contributed by atoms with van der Waals surface area (Å²) in [6.07, 6.45) is 3.54. The Morgan fingerprint density at radius 2 is 1.96 bits per heavy atom. The van der Waals surface area contributed by atoms with Gasteiger partial charge in [0.1, 0.15) is 23.9 Å². The first-order chi connectivity index (χ1) is 13.4. The zero-order valence-electron chi connectivity index (χ0n) is 16.0. The summed E-state index contributed by atoms with van der Waals surface area (Å²) in [5.41, 5.74) is 1.03. The van der Waals surface area contributed by atoms with Crippen LogP contribution in [0.4, 0.5) is 5.69 Å². The second kappa shape index (κ2) is 8.80. The molecule has 3 aromatic rings. The van der Waals surface area contributed by atoms with E-state index in [1.807, 2.05) is 31.7 Å². The van der Waals surface area contributed by atoms with Crippen LogP contribution in [0.5, 0.6) is 11.5 Å². The minimum absolute atomic E-state index is 0.0529. The highest BCUT2D eigenvalue weighted by Crippen LogP contribution is 2.25. The largest absolute Gasteiger partial charge is 0.490 e. The van der Waals surface area contributed by atoms with Crippen LogP contribution in [0.1, 0.15) is 30.0 Å². The molecular weight excluding hydrogens is 378 g/mol. The number of hydrogen-bond acceptors (Lipinski definition) is 4. The normalized spacial score (nSPS) is 10.8. The molecule has 0 saturated heterocycles. The number of carbonyl (C=O) groups excluding carboxylic acids is 1. The fourth-order valence-corrected chi connectivity index (χ4v) is 2.72. The van der Waals surface area contributed by atoms with Gasteiger partial charge >= 0.3 is 0 Å². The van der Waals surface area contributed by atoms with Crippen LogP contribution in [-0.4, -0.2) is 21.6 Å². The Balaban J connectivity index is 1.66. The lowest BCUT2D eigenvalue weighted by molar-refractivity contribution is 0.102. The second-order valence-electron chi connectivity index (χ2n) is 6.53. The lowest BCUT2D eigenvalue weighted by Gasteiger charge is -2.14. The summed E-state index contributed by atoms with van der Waals surface area (Å²) in [7, 11) is 1.91. The molecule has 6 nitrogen and oxygen atoms in total. The molecule has 7 heteroatoms. The average Bonchev–Trinajstić information content (AvgIpc) is 3.07. The summed E-state index contributed by atoms with van der Waals surface area (Å²) in [6, 6.07) is 12.1. The van der Waals surface area contributed by atoms with E-state index in [0.717, 1.165) is 5.82 Å². The molecule has 0 aliphatic rings. The van der Waals surface area contributed by atoms with Gasteiger partial charge in [-0.3, -0.25) is 4.79 Å². The Morgan fingerprint density at radius 1 is 1.21 bits per heavy atom. The first-order valence-corrected chi connectivity index (χ1v) is 9.27. The topological polar surface area (TPSA) is 65.4 Å². The number of ether oxygens (including phenoxy) is 2. The van der Waals surface area contributed by atoms with Crippen LogP contribution >= 0.6 is 11.6 Å². The Morgan fingerprint density at radius 3 is 2.61 bits per heavy atom. The van der Waals surface area contributed by atoms with Crippen molar-refractivity contribution in [3.63, 3.8) is 0 Å².